The molecule has 13 heteroatoms. The normalized spacial score (nSPS) is 29.0. The van der Waals surface area contributed by atoms with E-state index in [9.17, 15) is 32.3 Å². The number of carbonyl (C=O) groups is 2. The molecule has 0 spiro atoms. The number of halogens is 7. The van der Waals surface area contributed by atoms with Crippen LogP contribution in [0, 0.1) is 11.8 Å². The fourth-order valence-corrected chi connectivity index (χ4v) is 5.44. The van der Waals surface area contributed by atoms with Crippen molar-refractivity contribution >= 4 is 55.9 Å². The zero-order chi connectivity index (χ0) is 27.0. The van der Waals surface area contributed by atoms with Gasteiger partial charge in [0.15, 0.2) is 11.4 Å². The quantitative estimate of drug-likeness (QED) is 0.217. The third-order valence-corrected chi connectivity index (χ3v) is 7.69. The smallest absolute Gasteiger partial charge is 0.376 e. The van der Waals surface area contributed by atoms with Crippen molar-refractivity contribution in [3.8, 4) is 0 Å². The van der Waals surface area contributed by atoms with E-state index in [-0.39, 0.29) is 23.5 Å². The van der Waals surface area contributed by atoms with Gasteiger partial charge in [-0.2, -0.15) is 13.2 Å². The molecule has 6 unspecified atom stereocenters. The van der Waals surface area contributed by atoms with Crippen molar-refractivity contribution in [1.29, 1.82) is 0 Å². The van der Waals surface area contributed by atoms with Crippen LogP contribution in [0.25, 0.3) is 0 Å². The van der Waals surface area contributed by atoms with E-state index in [1.54, 1.807) is 19.9 Å². The summed E-state index contributed by atoms with van der Waals surface area (Å²) < 4.78 is 56.3. The summed E-state index contributed by atoms with van der Waals surface area (Å²) in [6.07, 6.45) is -1.68. The van der Waals surface area contributed by atoms with Gasteiger partial charge in [-0.15, -0.1) is 11.6 Å². The van der Waals surface area contributed by atoms with Crippen molar-refractivity contribution in [2.45, 2.75) is 62.5 Å². The number of carbonyl (C=O) groups excluding carboxylic acids is 2. The second kappa shape index (κ2) is 11.0. The predicted octanol–water partition coefficient (Wildman–Crippen LogP) is 5.65. The van der Waals surface area contributed by atoms with Crippen molar-refractivity contribution in [2.75, 3.05) is 0 Å². The van der Waals surface area contributed by atoms with Crippen LogP contribution in [0.2, 0.25) is 0 Å². The highest BCUT2D eigenvalue weighted by molar-refractivity contribution is 9.18. The summed E-state index contributed by atoms with van der Waals surface area (Å²) in [5, 5.41) is 12.3. The summed E-state index contributed by atoms with van der Waals surface area (Å²) in [7, 11) is 0. The molecular formula is C23H23BrCl2F4N2O4. The van der Waals surface area contributed by atoms with E-state index in [4.69, 9.17) is 28.0 Å². The van der Waals surface area contributed by atoms with E-state index >= 15 is 0 Å². The van der Waals surface area contributed by atoms with Crippen LogP contribution < -0.4 is 0 Å². The monoisotopic (exact) mass is 616 g/mol. The highest BCUT2D eigenvalue weighted by Gasteiger charge is 2.58. The van der Waals surface area contributed by atoms with Gasteiger partial charge in [-0.05, 0) is 46.8 Å². The minimum atomic E-state index is -5.25. The Labute approximate surface area is 223 Å². The lowest BCUT2D eigenvalue weighted by Gasteiger charge is -2.37. The summed E-state index contributed by atoms with van der Waals surface area (Å²) in [5.41, 5.74) is -4.30. The molecule has 0 aromatic heterocycles. The number of amides is 1. The number of allylic oxidation sites excluding steroid dienone is 6. The Morgan fingerprint density at radius 1 is 1.42 bits per heavy atom. The summed E-state index contributed by atoms with van der Waals surface area (Å²) in [6.45, 7) is 3.54. The molecule has 0 saturated carbocycles. The number of oxime groups is 1. The predicted molar refractivity (Wildman–Crippen MR) is 130 cm³/mol. The number of ketones is 1. The molecule has 3 aliphatic rings. The molecule has 1 aliphatic heterocycles. The molecule has 0 aromatic rings. The second-order valence-electron chi connectivity index (χ2n) is 8.94. The van der Waals surface area contributed by atoms with Crippen LogP contribution in [0.15, 0.2) is 51.5 Å². The largest absolute Gasteiger partial charge is 0.421 e. The van der Waals surface area contributed by atoms with Gasteiger partial charge in [-0.1, -0.05) is 41.9 Å². The molecule has 6 nitrogen and oxygen atoms in total. The number of alkyl halides is 4. The van der Waals surface area contributed by atoms with Crippen LogP contribution in [0.1, 0.15) is 33.1 Å². The fourth-order valence-electron chi connectivity index (χ4n) is 4.48. The number of hydrogen-bond donors (Lipinski definition) is 1. The van der Waals surface area contributed by atoms with Gasteiger partial charge < -0.3 is 14.8 Å². The van der Waals surface area contributed by atoms with Crippen LogP contribution in [-0.4, -0.2) is 56.2 Å². The first-order valence-corrected chi connectivity index (χ1v) is 12.5. The standard InChI is InChI=1S/C23H23BrCl2F4N2O4/c1-11-5-13(3-4-15(11)12(2)32(10-33)20-8-19(24)31-36-20)18(34)9-22(35,23(28,29)30)14-6-16(25)21(27)17(26)7-14/h3-6,10-12,15,17,20,35H,7-9H2,1-2H3. The van der Waals surface area contributed by atoms with E-state index in [0.717, 1.165) is 0 Å². The van der Waals surface area contributed by atoms with Gasteiger partial charge in [0.05, 0.1) is 23.3 Å². The zero-order valence-electron chi connectivity index (χ0n) is 19.1. The van der Waals surface area contributed by atoms with Crippen molar-refractivity contribution in [3.05, 3.63) is 46.3 Å². The minimum absolute atomic E-state index is 0.0267. The molecule has 2 aliphatic carbocycles. The molecule has 0 saturated heterocycles. The van der Waals surface area contributed by atoms with Crippen LogP contribution in [0.4, 0.5) is 17.6 Å². The molecule has 198 valence electrons. The fraction of sp³-hybridized carbons (Fsp3) is 0.522. The van der Waals surface area contributed by atoms with Crippen molar-refractivity contribution in [1.82, 2.24) is 4.90 Å². The van der Waals surface area contributed by atoms with E-state index in [2.05, 4.69) is 21.1 Å². The average molecular weight is 618 g/mol. The van der Waals surface area contributed by atoms with Gasteiger partial charge >= 0.3 is 6.18 Å². The third kappa shape index (κ3) is 5.74. The molecule has 1 heterocycles. The lowest BCUT2D eigenvalue weighted by molar-refractivity contribution is -0.245. The first-order chi connectivity index (χ1) is 16.7. The topological polar surface area (TPSA) is 79.2 Å². The molecule has 6 atom stereocenters. The molecule has 36 heavy (non-hydrogen) atoms. The van der Waals surface area contributed by atoms with Crippen molar-refractivity contribution in [3.63, 3.8) is 0 Å². The molecule has 3 rings (SSSR count). The van der Waals surface area contributed by atoms with Crippen LogP contribution >= 0.6 is 39.1 Å². The minimum Gasteiger partial charge on any atom is -0.376 e. The third-order valence-electron chi connectivity index (χ3n) is 6.59. The van der Waals surface area contributed by atoms with E-state index in [1.165, 1.54) is 17.1 Å². The molecule has 0 fully saturated rings. The van der Waals surface area contributed by atoms with Gasteiger partial charge in [-0.25, -0.2) is 4.39 Å². The number of rotatable bonds is 8. The summed E-state index contributed by atoms with van der Waals surface area (Å²) in [5.74, 6) is -2.59. The highest BCUT2D eigenvalue weighted by atomic mass is 79.9. The Bertz CT molecular complexity index is 1070. The Morgan fingerprint density at radius 3 is 2.58 bits per heavy atom. The molecule has 1 amide bonds. The molecular weight excluding hydrogens is 595 g/mol. The zero-order valence-corrected chi connectivity index (χ0v) is 22.2. The highest BCUT2D eigenvalue weighted by Crippen LogP contribution is 2.46. The molecule has 0 bridgehead atoms. The van der Waals surface area contributed by atoms with Gasteiger partial charge in [0.1, 0.15) is 10.4 Å². The van der Waals surface area contributed by atoms with E-state index < -0.39 is 58.4 Å². The summed E-state index contributed by atoms with van der Waals surface area (Å²) in [4.78, 5) is 31.3. The maximum atomic E-state index is 14.0. The number of hydrogen-bond acceptors (Lipinski definition) is 5. The van der Waals surface area contributed by atoms with Crippen LogP contribution in [-0.2, 0) is 14.4 Å². The maximum absolute atomic E-state index is 14.0. The lowest BCUT2D eigenvalue weighted by atomic mass is 9.78. The van der Waals surface area contributed by atoms with E-state index in [1.807, 2.05) is 0 Å². The second-order valence-corrected chi connectivity index (χ2v) is 10.8. The van der Waals surface area contributed by atoms with Gasteiger partial charge in [-0.3, -0.25) is 9.59 Å². The van der Waals surface area contributed by atoms with Crippen LogP contribution in [0.3, 0.4) is 0 Å². The first kappa shape index (κ1) is 28.9. The van der Waals surface area contributed by atoms with Crippen molar-refractivity contribution < 1.29 is 37.1 Å². The summed E-state index contributed by atoms with van der Waals surface area (Å²) >= 11 is 14.6. The SMILES string of the molecule is CC1C=C(C(=O)CC(O)(C2=CC(Cl)=C(F)C(Cl)C2)C(F)(F)F)C=CC1C(C)N(C=O)C1CC(Br)=NO1. The Hall–Kier alpha value is -1.69. The van der Waals surface area contributed by atoms with E-state index in [0.29, 0.717) is 23.5 Å². The maximum Gasteiger partial charge on any atom is 0.421 e. The van der Waals surface area contributed by atoms with Gasteiger partial charge in [0.25, 0.3) is 0 Å². The number of nitrogens with zero attached hydrogens (tertiary/aromatic N) is 2. The number of Topliss-reactive ketones (excluding diaryl/α,β-unsaturated/α-hetero) is 1. The Balaban J connectivity index is 1.79. The summed E-state index contributed by atoms with van der Waals surface area (Å²) in [6, 6.07) is -0.385. The number of aliphatic hydroxyl groups is 1. The van der Waals surface area contributed by atoms with Crippen molar-refractivity contribution in [2.24, 2.45) is 17.0 Å². The molecule has 0 radical (unpaired) electrons. The Kier molecular flexibility index (Phi) is 8.80. The molecule has 1 N–H and O–H groups in total. The van der Waals surface area contributed by atoms with Gasteiger partial charge in [0.2, 0.25) is 12.6 Å². The van der Waals surface area contributed by atoms with Crippen LogP contribution in [0.5, 0.6) is 0 Å². The Morgan fingerprint density at radius 2 is 2.08 bits per heavy atom. The molecule has 0 aromatic carbocycles. The lowest BCUT2D eigenvalue weighted by Crippen LogP contribution is -2.49. The average Bonchev–Trinajstić information content (AvgIpc) is 3.22. The van der Waals surface area contributed by atoms with Gasteiger partial charge in [0, 0.05) is 17.5 Å². The first-order valence-electron chi connectivity index (χ1n) is 10.9.